The zero-order valence-electron chi connectivity index (χ0n) is 10.4. The number of phenols is 1. The first-order valence-electron chi connectivity index (χ1n) is 5.78. The molecule has 0 unspecified atom stereocenters. The van der Waals surface area contributed by atoms with Gasteiger partial charge in [0.25, 0.3) is 0 Å². The second kappa shape index (κ2) is 6.03. The third-order valence-corrected chi connectivity index (χ3v) is 3.41. The van der Waals surface area contributed by atoms with E-state index in [9.17, 15) is 9.90 Å². The molecular weight excluding hydrogens is 299 g/mol. The van der Waals surface area contributed by atoms with Crippen LogP contribution in [0, 0.1) is 0 Å². The van der Waals surface area contributed by atoms with E-state index in [1.54, 1.807) is 36.4 Å². The number of carbonyl (C=O) groups excluding carboxylic acids is 1. The zero-order chi connectivity index (χ0) is 14.7. The normalized spacial score (nSPS) is 10.3. The van der Waals surface area contributed by atoms with Crippen LogP contribution in [0.2, 0.25) is 10.0 Å². The van der Waals surface area contributed by atoms with Crippen LogP contribution in [-0.2, 0) is 6.54 Å². The second-order valence-corrected chi connectivity index (χ2v) is 4.97. The van der Waals surface area contributed by atoms with E-state index in [1.165, 1.54) is 0 Å². The molecule has 0 saturated carbocycles. The smallest absolute Gasteiger partial charge is 0.250 e. The van der Waals surface area contributed by atoms with Crippen LogP contribution in [0.1, 0.15) is 15.9 Å². The number of benzene rings is 2. The first kappa shape index (κ1) is 14.5. The minimum Gasteiger partial charge on any atom is -0.506 e. The quantitative estimate of drug-likeness (QED) is 0.810. The molecule has 4 N–H and O–H groups in total. The molecule has 104 valence electrons. The first-order chi connectivity index (χ1) is 9.49. The van der Waals surface area contributed by atoms with Gasteiger partial charge in [-0.3, -0.25) is 4.79 Å². The summed E-state index contributed by atoms with van der Waals surface area (Å²) in [5.74, 6) is -0.532. The lowest BCUT2D eigenvalue weighted by molar-refractivity contribution is 0.100. The van der Waals surface area contributed by atoms with Gasteiger partial charge in [-0.1, -0.05) is 35.3 Å². The highest BCUT2D eigenvalue weighted by Gasteiger charge is 2.08. The number of nitrogens with two attached hydrogens (primary N) is 1. The Hall–Kier alpha value is -1.91. The molecule has 2 rings (SSSR count). The van der Waals surface area contributed by atoms with Crippen LogP contribution in [0.4, 0.5) is 5.69 Å². The van der Waals surface area contributed by atoms with Gasteiger partial charge in [-0.15, -0.1) is 0 Å². The summed E-state index contributed by atoms with van der Waals surface area (Å²) in [4.78, 5) is 11.1. The summed E-state index contributed by atoms with van der Waals surface area (Å²) in [6.07, 6.45) is 0. The van der Waals surface area contributed by atoms with Gasteiger partial charge in [-0.25, -0.2) is 0 Å². The largest absolute Gasteiger partial charge is 0.506 e. The molecule has 0 aliphatic carbocycles. The number of amides is 1. The first-order valence-corrected chi connectivity index (χ1v) is 6.54. The van der Waals surface area contributed by atoms with Crippen molar-refractivity contribution in [3.8, 4) is 5.75 Å². The van der Waals surface area contributed by atoms with Crippen LogP contribution < -0.4 is 11.1 Å². The number of rotatable bonds is 4. The van der Waals surface area contributed by atoms with Gasteiger partial charge in [0, 0.05) is 17.8 Å². The minimum absolute atomic E-state index is 0.0431. The van der Waals surface area contributed by atoms with Gasteiger partial charge in [0.1, 0.15) is 5.75 Å². The molecule has 0 saturated heterocycles. The molecule has 0 bridgehead atoms. The third kappa shape index (κ3) is 3.15. The van der Waals surface area contributed by atoms with Crippen LogP contribution in [0.15, 0.2) is 36.4 Å². The predicted octanol–water partition coefficient (Wildman–Crippen LogP) is 3.41. The van der Waals surface area contributed by atoms with E-state index in [-0.39, 0.29) is 16.3 Å². The van der Waals surface area contributed by atoms with Gasteiger partial charge >= 0.3 is 0 Å². The highest BCUT2D eigenvalue weighted by atomic mass is 35.5. The van der Waals surface area contributed by atoms with Crippen molar-refractivity contribution < 1.29 is 9.90 Å². The van der Waals surface area contributed by atoms with E-state index in [4.69, 9.17) is 28.9 Å². The Morgan fingerprint density at radius 3 is 2.60 bits per heavy atom. The van der Waals surface area contributed by atoms with Crippen molar-refractivity contribution in [3.63, 3.8) is 0 Å². The van der Waals surface area contributed by atoms with Gasteiger partial charge in [-0.05, 0) is 24.3 Å². The Morgan fingerprint density at radius 2 is 1.95 bits per heavy atom. The highest BCUT2D eigenvalue weighted by Crippen LogP contribution is 2.28. The Kier molecular flexibility index (Phi) is 4.37. The van der Waals surface area contributed by atoms with E-state index in [0.717, 1.165) is 0 Å². The molecule has 20 heavy (non-hydrogen) atoms. The van der Waals surface area contributed by atoms with Gasteiger partial charge in [0.2, 0.25) is 5.91 Å². The molecule has 0 atom stereocenters. The van der Waals surface area contributed by atoms with Crippen molar-refractivity contribution in [1.29, 1.82) is 0 Å². The molecule has 0 radical (unpaired) electrons. The summed E-state index contributed by atoms with van der Waals surface area (Å²) >= 11 is 11.8. The molecule has 2 aromatic rings. The van der Waals surface area contributed by atoms with Crippen molar-refractivity contribution in [1.82, 2.24) is 0 Å². The van der Waals surface area contributed by atoms with E-state index in [2.05, 4.69) is 5.32 Å². The average molecular weight is 311 g/mol. The zero-order valence-corrected chi connectivity index (χ0v) is 11.9. The summed E-state index contributed by atoms with van der Waals surface area (Å²) in [5, 5.41) is 13.4. The average Bonchev–Trinajstić information content (AvgIpc) is 2.40. The summed E-state index contributed by atoms with van der Waals surface area (Å²) in [6.45, 7) is 0.374. The number of phenolic OH excluding ortho intramolecular Hbond substituents is 1. The maximum atomic E-state index is 11.1. The van der Waals surface area contributed by atoms with Gasteiger partial charge in [0.05, 0.1) is 15.6 Å². The molecule has 0 aliphatic heterocycles. The lowest BCUT2D eigenvalue weighted by Gasteiger charge is -2.10. The predicted molar refractivity (Wildman–Crippen MR) is 80.4 cm³/mol. The molecule has 0 aromatic heterocycles. The lowest BCUT2D eigenvalue weighted by Crippen LogP contribution is -2.11. The van der Waals surface area contributed by atoms with E-state index >= 15 is 0 Å². The Labute approximate surface area is 126 Å². The standard InChI is InChI=1S/C14H12Cl2N2O2/c15-11-3-1-2-8(13(11)19)7-18-9-4-5-10(14(17)20)12(16)6-9/h1-6,18-19H,7H2,(H2,17,20). The third-order valence-electron chi connectivity index (χ3n) is 2.79. The fraction of sp³-hybridized carbons (Fsp3) is 0.0714. The number of halogens is 2. The molecule has 4 nitrogen and oxygen atoms in total. The number of hydrogen-bond acceptors (Lipinski definition) is 3. The number of primary amides is 1. The van der Waals surface area contributed by atoms with Crippen molar-refractivity contribution in [2.24, 2.45) is 5.73 Å². The number of anilines is 1. The maximum Gasteiger partial charge on any atom is 0.250 e. The number of aromatic hydroxyl groups is 1. The van der Waals surface area contributed by atoms with Crippen LogP contribution in [-0.4, -0.2) is 11.0 Å². The monoisotopic (exact) mass is 310 g/mol. The molecule has 6 heteroatoms. The summed E-state index contributed by atoms with van der Waals surface area (Å²) in [6, 6.07) is 9.95. The SMILES string of the molecule is NC(=O)c1ccc(NCc2cccc(Cl)c2O)cc1Cl. The fourth-order valence-electron chi connectivity index (χ4n) is 1.72. The topological polar surface area (TPSA) is 75.4 Å². The number of hydrogen-bond donors (Lipinski definition) is 3. The summed E-state index contributed by atoms with van der Waals surface area (Å²) in [5.41, 5.74) is 6.81. The number of nitrogens with one attached hydrogen (secondary N) is 1. The molecule has 0 fully saturated rings. The maximum absolute atomic E-state index is 11.1. The van der Waals surface area contributed by atoms with Gasteiger partial charge < -0.3 is 16.2 Å². The minimum atomic E-state index is -0.575. The van der Waals surface area contributed by atoms with Crippen molar-refractivity contribution in [3.05, 3.63) is 57.6 Å². The molecule has 0 heterocycles. The van der Waals surface area contributed by atoms with Crippen molar-refractivity contribution >= 4 is 34.8 Å². The number of carbonyl (C=O) groups is 1. The van der Waals surface area contributed by atoms with E-state index < -0.39 is 5.91 Å². The molecular formula is C14H12Cl2N2O2. The van der Waals surface area contributed by atoms with E-state index in [1.807, 2.05) is 0 Å². The summed E-state index contributed by atoms with van der Waals surface area (Å²) < 4.78 is 0. The van der Waals surface area contributed by atoms with Gasteiger partial charge in [-0.2, -0.15) is 0 Å². The van der Waals surface area contributed by atoms with Crippen LogP contribution >= 0.6 is 23.2 Å². The van der Waals surface area contributed by atoms with Gasteiger partial charge in [0.15, 0.2) is 0 Å². The summed E-state index contributed by atoms with van der Waals surface area (Å²) in [7, 11) is 0. The Morgan fingerprint density at radius 1 is 1.20 bits per heavy atom. The number of para-hydroxylation sites is 1. The van der Waals surface area contributed by atoms with Crippen molar-refractivity contribution in [2.75, 3.05) is 5.32 Å². The van der Waals surface area contributed by atoms with Crippen LogP contribution in [0.5, 0.6) is 5.75 Å². The Bertz CT molecular complexity index is 660. The second-order valence-electron chi connectivity index (χ2n) is 4.16. The highest BCUT2D eigenvalue weighted by molar-refractivity contribution is 6.34. The molecule has 0 aliphatic rings. The lowest BCUT2D eigenvalue weighted by atomic mass is 10.1. The van der Waals surface area contributed by atoms with Crippen LogP contribution in [0.3, 0.4) is 0 Å². The molecule has 0 spiro atoms. The Balaban J connectivity index is 2.13. The van der Waals surface area contributed by atoms with Crippen LogP contribution in [0.25, 0.3) is 0 Å². The fourth-order valence-corrected chi connectivity index (χ4v) is 2.19. The molecule has 1 amide bonds. The molecule has 2 aromatic carbocycles. The van der Waals surface area contributed by atoms with E-state index in [0.29, 0.717) is 22.8 Å². The van der Waals surface area contributed by atoms with Crippen molar-refractivity contribution in [2.45, 2.75) is 6.54 Å².